The Balaban J connectivity index is 1.39. The van der Waals surface area contributed by atoms with Gasteiger partial charge in [-0.3, -0.25) is 9.59 Å². The number of nitrogens with one attached hydrogen (secondary N) is 1. The third-order valence-electron chi connectivity index (χ3n) is 6.61. The van der Waals surface area contributed by atoms with Crippen molar-refractivity contribution < 1.29 is 9.59 Å². The van der Waals surface area contributed by atoms with Crippen molar-refractivity contribution in [3.05, 3.63) is 112 Å². The molecule has 0 atom stereocenters. The molecule has 1 aromatic heterocycles. The number of carbonyl (C=O) groups is 2. The number of nitrogens with zero attached hydrogens (tertiary/aromatic N) is 3. The zero-order valence-corrected chi connectivity index (χ0v) is 19.6. The third kappa shape index (κ3) is 3.34. The molecule has 5 aromatic rings. The lowest BCUT2D eigenvalue weighted by Gasteiger charge is -2.20. The summed E-state index contributed by atoms with van der Waals surface area (Å²) in [5, 5.41) is 12.7. The van der Waals surface area contributed by atoms with E-state index < -0.39 is 0 Å². The smallest absolute Gasteiger partial charge is 0.196 e. The van der Waals surface area contributed by atoms with Gasteiger partial charge in [0.1, 0.15) is 11.0 Å². The molecule has 0 spiro atoms. The summed E-state index contributed by atoms with van der Waals surface area (Å²) in [6.45, 7) is 6.22. The summed E-state index contributed by atoms with van der Waals surface area (Å²) in [5.41, 5.74) is 8.96. The summed E-state index contributed by atoms with van der Waals surface area (Å²) in [6, 6.07) is 22.2. The summed E-state index contributed by atoms with van der Waals surface area (Å²) in [6.07, 6.45) is 0. The molecule has 6 rings (SSSR count). The van der Waals surface area contributed by atoms with Crippen LogP contribution in [0, 0.1) is 20.8 Å². The molecule has 0 saturated carbocycles. The van der Waals surface area contributed by atoms with E-state index in [1.54, 1.807) is 41.2 Å². The maximum absolute atomic E-state index is 13.3. The van der Waals surface area contributed by atoms with Gasteiger partial charge in [0.05, 0.1) is 16.9 Å². The van der Waals surface area contributed by atoms with Gasteiger partial charge in [0, 0.05) is 22.4 Å². The minimum atomic E-state index is -0.157. The summed E-state index contributed by atoms with van der Waals surface area (Å²) < 4.78 is 0. The van der Waals surface area contributed by atoms with Gasteiger partial charge in [0.2, 0.25) is 0 Å². The molecule has 1 aliphatic rings. The van der Waals surface area contributed by atoms with Gasteiger partial charge in [-0.1, -0.05) is 42.5 Å². The zero-order valence-electron chi connectivity index (χ0n) is 19.6. The number of fused-ring (bicyclic) bond motifs is 3. The average Bonchev–Trinajstić information content (AvgIpc) is 3.28. The Morgan fingerprint density at radius 3 is 2.23 bits per heavy atom. The average molecular weight is 459 g/mol. The maximum Gasteiger partial charge on any atom is 0.196 e. The highest BCUT2D eigenvalue weighted by Gasteiger charge is 2.31. The second kappa shape index (κ2) is 7.74. The van der Waals surface area contributed by atoms with Crippen molar-refractivity contribution in [2.45, 2.75) is 20.8 Å². The lowest BCUT2D eigenvalue weighted by atomic mass is 9.83. The summed E-state index contributed by atoms with van der Waals surface area (Å²) in [4.78, 5) is 28.0. The van der Waals surface area contributed by atoms with Crippen molar-refractivity contribution in [3.63, 3.8) is 0 Å². The second-order valence-corrected chi connectivity index (χ2v) is 8.98. The lowest BCUT2D eigenvalue weighted by molar-refractivity contribution is 0.0979. The first-order valence-electron chi connectivity index (χ1n) is 11.4. The highest BCUT2D eigenvalue weighted by Crippen LogP contribution is 2.33. The van der Waals surface area contributed by atoms with E-state index in [1.165, 1.54) is 5.56 Å². The van der Waals surface area contributed by atoms with Crippen LogP contribution in [-0.4, -0.2) is 26.6 Å². The van der Waals surface area contributed by atoms with Crippen molar-refractivity contribution in [1.29, 1.82) is 0 Å². The summed E-state index contributed by atoms with van der Waals surface area (Å²) in [7, 11) is 0. The van der Waals surface area contributed by atoms with Crippen molar-refractivity contribution in [1.82, 2.24) is 15.0 Å². The van der Waals surface area contributed by atoms with E-state index in [4.69, 9.17) is 5.10 Å². The summed E-state index contributed by atoms with van der Waals surface area (Å²) in [5.74, 6) is -0.295. The number of hydrogen-bond acceptors (Lipinski definition) is 5. The number of hydrogen-bond donors (Lipinski definition) is 1. The first kappa shape index (κ1) is 21.0. The van der Waals surface area contributed by atoms with Crippen LogP contribution in [0.1, 0.15) is 48.5 Å². The fourth-order valence-corrected chi connectivity index (χ4v) is 4.73. The van der Waals surface area contributed by atoms with E-state index >= 15 is 0 Å². The van der Waals surface area contributed by atoms with Crippen LogP contribution in [0.25, 0.3) is 16.7 Å². The van der Waals surface area contributed by atoms with E-state index in [-0.39, 0.29) is 11.6 Å². The van der Waals surface area contributed by atoms with Gasteiger partial charge in [-0.25, -0.2) is 0 Å². The Hall–Kier alpha value is -4.58. The van der Waals surface area contributed by atoms with Crippen LogP contribution in [-0.2, 0) is 0 Å². The Bertz CT molecular complexity index is 1700. The van der Waals surface area contributed by atoms with Gasteiger partial charge in [-0.2, -0.15) is 4.80 Å². The fraction of sp³-hybridized carbons (Fsp3) is 0.103. The first-order valence-corrected chi connectivity index (χ1v) is 11.4. The number of aromatic nitrogens is 3. The minimum Gasteiger partial charge on any atom is -0.355 e. The predicted octanol–water partition coefficient (Wildman–Crippen LogP) is 5.86. The molecule has 0 aliphatic heterocycles. The van der Waals surface area contributed by atoms with Gasteiger partial charge in [-0.15, -0.1) is 10.2 Å². The summed E-state index contributed by atoms with van der Waals surface area (Å²) >= 11 is 0. The van der Waals surface area contributed by atoms with Gasteiger partial charge >= 0.3 is 0 Å². The molecule has 170 valence electrons. The van der Waals surface area contributed by atoms with E-state index in [0.29, 0.717) is 27.9 Å². The van der Waals surface area contributed by atoms with Crippen LogP contribution in [0.4, 0.5) is 11.4 Å². The fourth-order valence-electron chi connectivity index (χ4n) is 4.73. The van der Waals surface area contributed by atoms with E-state index in [2.05, 4.69) is 43.3 Å². The quantitative estimate of drug-likeness (QED) is 0.359. The molecular weight excluding hydrogens is 436 g/mol. The molecule has 0 saturated heterocycles. The van der Waals surface area contributed by atoms with Gasteiger partial charge in [-0.05, 0) is 67.8 Å². The van der Waals surface area contributed by atoms with Crippen LogP contribution in [0.2, 0.25) is 0 Å². The van der Waals surface area contributed by atoms with Crippen LogP contribution in [0.5, 0.6) is 0 Å². The third-order valence-corrected chi connectivity index (χ3v) is 6.61. The Kier molecular flexibility index (Phi) is 4.64. The molecule has 35 heavy (non-hydrogen) atoms. The number of ketones is 2. The van der Waals surface area contributed by atoms with Gasteiger partial charge in [0.25, 0.3) is 0 Å². The van der Waals surface area contributed by atoms with Crippen LogP contribution < -0.4 is 5.32 Å². The molecule has 1 heterocycles. The molecular formula is C29H22N4O2. The molecule has 0 unspecified atom stereocenters. The first-order chi connectivity index (χ1) is 16.9. The number of aryl methyl sites for hydroxylation is 2. The molecule has 0 radical (unpaired) electrons. The maximum atomic E-state index is 13.3. The molecule has 1 N–H and O–H groups in total. The molecule has 0 fully saturated rings. The number of anilines is 2. The van der Waals surface area contributed by atoms with Gasteiger partial charge in [0.15, 0.2) is 11.6 Å². The number of benzene rings is 4. The SMILES string of the molecule is Cc1cc(C)c(C)c(-n2nc3ccc(Nc4cccc5c4C(=O)c4ccccc4C5=O)cc3n2)c1. The molecule has 0 amide bonds. The van der Waals surface area contributed by atoms with Gasteiger partial charge < -0.3 is 5.32 Å². The minimum absolute atomic E-state index is 0.138. The van der Waals surface area contributed by atoms with Crippen molar-refractivity contribution in [2.24, 2.45) is 0 Å². The highest BCUT2D eigenvalue weighted by molar-refractivity contribution is 6.30. The molecule has 1 aliphatic carbocycles. The molecule has 6 nitrogen and oxygen atoms in total. The molecule has 0 bridgehead atoms. The van der Waals surface area contributed by atoms with Crippen molar-refractivity contribution in [2.75, 3.05) is 5.32 Å². The number of rotatable bonds is 3. The molecule has 4 aromatic carbocycles. The topological polar surface area (TPSA) is 76.9 Å². The highest BCUT2D eigenvalue weighted by atomic mass is 16.1. The van der Waals surface area contributed by atoms with Crippen LogP contribution in [0.3, 0.4) is 0 Å². The zero-order chi connectivity index (χ0) is 24.3. The van der Waals surface area contributed by atoms with Crippen LogP contribution >= 0.6 is 0 Å². The van der Waals surface area contributed by atoms with Crippen LogP contribution in [0.15, 0.2) is 72.8 Å². The Morgan fingerprint density at radius 1 is 0.714 bits per heavy atom. The lowest BCUT2D eigenvalue weighted by Crippen LogP contribution is -2.22. The van der Waals surface area contributed by atoms with Crippen molar-refractivity contribution >= 4 is 34.0 Å². The normalized spacial score (nSPS) is 12.5. The molecule has 6 heteroatoms. The standard InChI is InChI=1S/C29H22N4O2/c1-16-13-17(2)18(3)26(14-16)33-31-23-12-11-19(15-25(23)32-33)30-24-10-6-9-22-27(24)29(35)21-8-5-4-7-20(21)28(22)34/h4-15,30H,1-3H3. The van der Waals surface area contributed by atoms with E-state index in [0.717, 1.165) is 33.5 Å². The Morgan fingerprint density at radius 2 is 1.43 bits per heavy atom. The largest absolute Gasteiger partial charge is 0.355 e. The monoisotopic (exact) mass is 458 g/mol. The van der Waals surface area contributed by atoms with Crippen molar-refractivity contribution in [3.8, 4) is 5.69 Å². The second-order valence-electron chi connectivity index (χ2n) is 8.98. The number of carbonyl (C=O) groups excluding carboxylic acids is 2. The van der Waals surface area contributed by atoms with E-state index in [9.17, 15) is 9.59 Å². The Labute approximate surface area is 202 Å². The van der Waals surface area contributed by atoms with E-state index in [1.807, 2.05) is 24.3 Å². The predicted molar refractivity (Wildman–Crippen MR) is 136 cm³/mol.